The van der Waals surface area contributed by atoms with Crippen molar-refractivity contribution in [2.24, 2.45) is 0 Å². The van der Waals surface area contributed by atoms with Crippen molar-refractivity contribution in [1.82, 2.24) is 4.68 Å². The molecule has 0 aliphatic carbocycles. The molecule has 2 aromatic heterocycles. The number of imidazole rings is 1. The van der Waals surface area contributed by atoms with Crippen LogP contribution in [0, 0.1) is 0 Å². The van der Waals surface area contributed by atoms with Gasteiger partial charge in [-0.3, -0.25) is 0 Å². The maximum Gasteiger partial charge on any atom is 0.273 e. The fourth-order valence-corrected chi connectivity index (χ4v) is 5.60. The summed E-state index contributed by atoms with van der Waals surface area (Å²) in [4.78, 5) is 0. The molecule has 36 heavy (non-hydrogen) atoms. The molecular weight excluding hydrogens is 446 g/mol. The van der Waals surface area contributed by atoms with E-state index in [-0.39, 0.29) is 12.1 Å². The highest BCUT2D eigenvalue weighted by atomic mass is 16.5. The van der Waals surface area contributed by atoms with Crippen molar-refractivity contribution in [2.75, 3.05) is 19.2 Å². The van der Waals surface area contributed by atoms with Gasteiger partial charge in [0.15, 0.2) is 11.7 Å². The molecule has 0 bridgehead atoms. The average molecular weight is 477 g/mol. The van der Waals surface area contributed by atoms with Crippen molar-refractivity contribution >= 4 is 5.52 Å². The van der Waals surface area contributed by atoms with Crippen LogP contribution in [0.1, 0.15) is 36.1 Å². The molecule has 5 heteroatoms. The summed E-state index contributed by atoms with van der Waals surface area (Å²) in [7, 11) is 3.40. The number of ether oxygens (including phenoxy) is 2. The number of hydrogen-bond acceptors (Lipinski definition) is 3. The third kappa shape index (κ3) is 3.77. The molecule has 1 fully saturated rings. The van der Waals surface area contributed by atoms with E-state index in [0.717, 1.165) is 41.1 Å². The van der Waals surface area contributed by atoms with Gasteiger partial charge in [-0.15, -0.1) is 4.68 Å². The molecule has 1 saturated heterocycles. The van der Waals surface area contributed by atoms with Crippen LogP contribution in [-0.4, -0.2) is 18.9 Å². The third-order valence-corrected chi connectivity index (χ3v) is 7.23. The largest absolute Gasteiger partial charge is 0.496 e. The van der Waals surface area contributed by atoms with E-state index in [2.05, 4.69) is 105 Å². The van der Waals surface area contributed by atoms with Gasteiger partial charge in [-0.05, 0) is 48.2 Å². The van der Waals surface area contributed by atoms with Gasteiger partial charge in [0.05, 0.1) is 26.3 Å². The van der Waals surface area contributed by atoms with Crippen LogP contribution in [0.2, 0.25) is 0 Å². The zero-order valence-corrected chi connectivity index (χ0v) is 20.6. The Balaban J connectivity index is 1.52. The number of aromatic nitrogens is 2. The van der Waals surface area contributed by atoms with Gasteiger partial charge in [-0.2, -0.15) is 4.40 Å². The number of pyridine rings is 1. The van der Waals surface area contributed by atoms with Gasteiger partial charge < -0.3 is 9.47 Å². The van der Waals surface area contributed by atoms with Crippen LogP contribution in [-0.2, 0) is 0 Å². The summed E-state index contributed by atoms with van der Waals surface area (Å²) in [5.74, 6) is 1.57. The third-order valence-electron chi connectivity index (χ3n) is 7.23. The van der Waals surface area contributed by atoms with Crippen molar-refractivity contribution in [2.45, 2.75) is 24.9 Å². The zero-order valence-electron chi connectivity index (χ0n) is 20.6. The van der Waals surface area contributed by atoms with E-state index in [1.807, 2.05) is 18.2 Å². The molecule has 5 nitrogen and oxygen atoms in total. The molecule has 0 amide bonds. The number of hydrogen-bond donors (Lipinski definition) is 0. The van der Waals surface area contributed by atoms with Crippen molar-refractivity contribution < 1.29 is 13.9 Å². The lowest BCUT2D eigenvalue weighted by molar-refractivity contribution is -0.500. The summed E-state index contributed by atoms with van der Waals surface area (Å²) in [6.45, 7) is 0. The first-order chi connectivity index (χ1) is 17.8. The van der Waals surface area contributed by atoms with Crippen LogP contribution < -0.4 is 18.9 Å². The van der Waals surface area contributed by atoms with Gasteiger partial charge in [0.2, 0.25) is 0 Å². The molecule has 5 aromatic rings. The summed E-state index contributed by atoms with van der Waals surface area (Å²) in [5.41, 5.74) is 5.74. The molecule has 1 aliphatic heterocycles. The van der Waals surface area contributed by atoms with E-state index in [1.165, 1.54) is 11.1 Å². The molecule has 0 saturated carbocycles. The molecule has 0 N–H and O–H groups in total. The highest BCUT2D eigenvalue weighted by Gasteiger charge is 2.39. The highest BCUT2D eigenvalue weighted by molar-refractivity contribution is 5.73. The van der Waals surface area contributed by atoms with Gasteiger partial charge in [0, 0.05) is 0 Å². The molecular formula is C31H30N3O2+. The molecule has 0 spiro atoms. The van der Waals surface area contributed by atoms with Crippen molar-refractivity contribution in [3.8, 4) is 22.8 Å². The Morgan fingerprint density at radius 1 is 0.667 bits per heavy atom. The van der Waals surface area contributed by atoms with Crippen molar-refractivity contribution in [3.05, 3.63) is 121 Å². The first-order valence-electron chi connectivity index (χ1n) is 12.4. The minimum Gasteiger partial charge on any atom is -0.496 e. The second kappa shape index (κ2) is 9.42. The monoisotopic (exact) mass is 476 g/mol. The quantitative estimate of drug-likeness (QED) is 0.277. The molecule has 1 aliphatic rings. The van der Waals surface area contributed by atoms with Crippen LogP contribution in [0.5, 0.6) is 11.5 Å². The summed E-state index contributed by atoms with van der Waals surface area (Å²) in [6, 6.07) is 34.5. The SMILES string of the molecule is COc1cccc(OC)c1-c1cccc2cn(N3[C@H](c4ccccc4)CC[C@H]3c3ccccc3)c[n+]12. The predicted octanol–water partition coefficient (Wildman–Crippen LogP) is 6.13. The zero-order chi connectivity index (χ0) is 24.5. The Labute approximate surface area is 211 Å². The molecule has 0 radical (unpaired) electrons. The molecule has 0 unspecified atom stereocenters. The Morgan fingerprint density at radius 3 is 1.78 bits per heavy atom. The van der Waals surface area contributed by atoms with Crippen LogP contribution in [0.25, 0.3) is 16.8 Å². The topological polar surface area (TPSA) is 30.7 Å². The van der Waals surface area contributed by atoms with E-state index in [4.69, 9.17) is 9.47 Å². The van der Waals surface area contributed by atoms with Gasteiger partial charge in [-0.25, -0.2) is 5.01 Å². The van der Waals surface area contributed by atoms with Crippen LogP contribution in [0.4, 0.5) is 0 Å². The van der Waals surface area contributed by atoms with E-state index in [9.17, 15) is 0 Å². The van der Waals surface area contributed by atoms with E-state index >= 15 is 0 Å². The van der Waals surface area contributed by atoms with Gasteiger partial charge >= 0.3 is 0 Å². The van der Waals surface area contributed by atoms with Crippen molar-refractivity contribution in [1.29, 1.82) is 0 Å². The second-order valence-corrected chi connectivity index (χ2v) is 9.18. The van der Waals surface area contributed by atoms with E-state index in [1.54, 1.807) is 14.2 Å². The van der Waals surface area contributed by atoms with Gasteiger partial charge in [0.1, 0.15) is 22.8 Å². The fraction of sp³-hybridized carbons (Fsp3) is 0.194. The summed E-state index contributed by atoms with van der Waals surface area (Å²) < 4.78 is 16.0. The Kier molecular flexibility index (Phi) is 5.82. The van der Waals surface area contributed by atoms with Crippen molar-refractivity contribution in [3.63, 3.8) is 0 Å². The van der Waals surface area contributed by atoms with E-state index in [0.29, 0.717) is 0 Å². The Bertz CT molecular complexity index is 1410. The highest BCUT2D eigenvalue weighted by Crippen LogP contribution is 2.43. The van der Waals surface area contributed by atoms with Crippen LogP contribution >= 0.6 is 0 Å². The lowest BCUT2D eigenvalue weighted by Gasteiger charge is -2.28. The lowest BCUT2D eigenvalue weighted by Crippen LogP contribution is -2.36. The Hall–Kier alpha value is -4.25. The maximum atomic E-state index is 5.74. The molecule has 2 atom stereocenters. The first-order valence-corrected chi connectivity index (χ1v) is 12.4. The van der Waals surface area contributed by atoms with Crippen LogP contribution in [0.15, 0.2) is 110 Å². The summed E-state index contributed by atoms with van der Waals surface area (Å²) >= 11 is 0. The standard InChI is InChI=1S/C31H30N3O2/c1-35-29-17-10-18-30(36-2)31(29)28-16-9-15-25-21-32(22-33(25)28)34-26(23-11-5-3-6-12-23)19-20-27(34)24-13-7-4-8-14-24/h3-18,21-22,26-27H,19-20H2,1-2H3/q+1/t26-,27-/m0/s1. The first kappa shape index (κ1) is 22.2. The summed E-state index contributed by atoms with van der Waals surface area (Å²) in [5, 5.41) is 2.53. The van der Waals surface area contributed by atoms with Crippen LogP contribution in [0.3, 0.4) is 0 Å². The molecule has 3 heterocycles. The van der Waals surface area contributed by atoms with Gasteiger partial charge in [0.25, 0.3) is 6.33 Å². The minimum atomic E-state index is 0.281. The predicted molar refractivity (Wildman–Crippen MR) is 142 cm³/mol. The average Bonchev–Trinajstić information content (AvgIpc) is 3.58. The Morgan fingerprint density at radius 2 is 1.22 bits per heavy atom. The number of methoxy groups -OCH3 is 2. The number of nitrogens with zero attached hydrogens (tertiary/aromatic N) is 3. The van der Waals surface area contributed by atoms with Gasteiger partial charge in [-0.1, -0.05) is 72.8 Å². The normalized spacial score (nSPS) is 17.4. The van der Waals surface area contributed by atoms with E-state index < -0.39 is 0 Å². The fourth-order valence-electron chi connectivity index (χ4n) is 5.60. The molecule has 180 valence electrons. The smallest absolute Gasteiger partial charge is 0.273 e. The minimum absolute atomic E-state index is 0.281. The number of benzene rings is 3. The molecule has 3 aromatic carbocycles. The second-order valence-electron chi connectivity index (χ2n) is 9.18. The molecule has 6 rings (SSSR count). The maximum absolute atomic E-state index is 5.74. The lowest BCUT2D eigenvalue weighted by atomic mass is 10.0. The summed E-state index contributed by atoms with van der Waals surface area (Å²) in [6.07, 6.45) is 6.60. The number of rotatable bonds is 6. The number of fused-ring (bicyclic) bond motifs is 1.